The molecule has 1 aliphatic heterocycles. The third kappa shape index (κ3) is 3.67. The molecule has 3 aromatic heterocycles. The normalized spacial score (nSPS) is 16.8. The summed E-state index contributed by atoms with van der Waals surface area (Å²) in [6, 6.07) is 6.77. The van der Waals surface area contributed by atoms with Crippen molar-refractivity contribution in [3.63, 3.8) is 0 Å². The zero-order valence-corrected chi connectivity index (χ0v) is 16.9. The number of nitrogens with zero attached hydrogens (tertiary/aromatic N) is 6. The van der Waals surface area contributed by atoms with Crippen molar-refractivity contribution in [2.45, 2.75) is 26.4 Å². The van der Waals surface area contributed by atoms with E-state index < -0.39 is 0 Å². The molecule has 0 spiro atoms. The Morgan fingerprint density at radius 1 is 1.38 bits per heavy atom. The first-order chi connectivity index (χ1) is 14.0. The monoisotopic (exact) mass is 391 g/mol. The lowest BCUT2D eigenvalue weighted by Gasteiger charge is -2.34. The van der Waals surface area contributed by atoms with Gasteiger partial charge in [0.05, 0.1) is 34.7 Å². The van der Waals surface area contributed by atoms with Gasteiger partial charge in [-0.2, -0.15) is 10.2 Å². The number of fused-ring (bicyclic) bond motifs is 1. The minimum atomic E-state index is 0.145. The van der Waals surface area contributed by atoms with Gasteiger partial charge in [0.25, 0.3) is 0 Å². The molecule has 0 aliphatic carbocycles. The van der Waals surface area contributed by atoms with Crippen molar-refractivity contribution in [3.05, 3.63) is 35.3 Å². The second-order valence-electron chi connectivity index (χ2n) is 7.44. The maximum Gasteiger partial charge on any atom is 0.222 e. The number of aryl methyl sites for hydroxylation is 2. The quantitative estimate of drug-likeness (QED) is 0.612. The molecule has 4 heterocycles. The molecule has 9 heteroatoms. The average Bonchev–Trinajstić information content (AvgIpc) is 3.05. The fourth-order valence-corrected chi connectivity index (χ4v) is 3.79. The number of nitriles is 1. The summed E-state index contributed by atoms with van der Waals surface area (Å²) in [7, 11) is 2.03. The van der Waals surface area contributed by atoms with Crippen molar-refractivity contribution in [3.8, 4) is 6.07 Å². The molecule has 1 fully saturated rings. The van der Waals surface area contributed by atoms with Crippen LogP contribution in [0.15, 0.2) is 18.3 Å². The van der Waals surface area contributed by atoms with E-state index in [4.69, 9.17) is 10.7 Å². The number of hydrogen-bond donors (Lipinski definition) is 3. The minimum absolute atomic E-state index is 0.145. The predicted octanol–water partition coefficient (Wildman–Crippen LogP) is 1.54. The van der Waals surface area contributed by atoms with Crippen LogP contribution in [0.1, 0.15) is 23.9 Å². The van der Waals surface area contributed by atoms with Crippen molar-refractivity contribution in [2.24, 2.45) is 7.05 Å². The van der Waals surface area contributed by atoms with Crippen molar-refractivity contribution in [1.29, 1.82) is 5.26 Å². The Hall–Kier alpha value is -3.38. The zero-order valence-electron chi connectivity index (χ0n) is 16.9. The molecule has 4 rings (SSSR count). The summed E-state index contributed by atoms with van der Waals surface area (Å²) in [4.78, 5) is 15.6. The Labute approximate surface area is 169 Å². The van der Waals surface area contributed by atoms with E-state index in [1.807, 2.05) is 19.3 Å². The highest BCUT2D eigenvalue weighted by atomic mass is 15.2. The third-order valence-electron chi connectivity index (χ3n) is 5.27. The molecular weight excluding hydrogens is 366 g/mol. The summed E-state index contributed by atoms with van der Waals surface area (Å²) in [6.07, 6.45) is 2.02. The van der Waals surface area contributed by atoms with Crippen LogP contribution in [0, 0.1) is 18.3 Å². The van der Waals surface area contributed by atoms with E-state index in [1.165, 1.54) is 0 Å². The number of anilines is 3. The van der Waals surface area contributed by atoms with Crippen molar-refractivity contribution in [1.82, 2.24) is 24.8 Å². The van der Waals surface area contributed by atoms with E-state index in [0.29, 0.717) is 29.7 Å². The molecule has 0 radical (unpaired) electrons. The van der Waals surface area contributed by atoms with Crippen LogP contribution in [0.3, 0.4) is 0 Å². The van der Waals surface area contributed by atoms with Gasteiger partial charge in [-0.15, -0.1) is 0 Å². The highest BCUT2D eigenvalue weighted by molar-refractivity contribution is 5.81. The van der Waals surface area contributed by atoms with Gasteiger partial charge in [0.15, 0.2) is 0 Å². The summed E-state index contributed by atoms with van der Waals surface area (Å²) in [5.74, 6) is 0.582. The number of piperazine rings is 1. The van der Waals surface area contributed by atoms with Crippen molar-refractivity contribution < 1.29 is 0 Å². The maximum atomic E-state index is 9.47. The van der Waals surface area contributed by atoms with E-state index in [9.17, 15) is 5.26 Å². The number of nitrogen functional groups attached to an aromatic ring is 1. The molecule has 0 aromatic carbocycles. The molecular formula is C20H25N9. The smallest absolute Gasteiger partial charge is 0.222 e. The van der Waals surface area contributed by atoms with Crippen molar-refractivity contribution in [2.75, 3.05) is 35.6 Å². The van der Waals surface area contributed by atoms with Crippen LogP contribution >= 0.6 is 0 Å². The molecule has 1 saturated heterocycles. The highest BCUT2D eigenvalue weighted by Gasteiger charge is 2.21. The number of hydrogen-bond acceptors (Lipinski definition) is 8. The van der Waals surface area contributed by atoms with E-state index >= 15 is 0 Å². The van der Waals surface area contributed by atoms with Crippen LogP contribution in [0.2, 0.25) is 0 Å². The Kier molecular flexibility index (Phi) is 4.94. The van der Waals surface area contributed by atoms with E-state index in [-0.39, 0.29) is 5.95 Å². The molecule has 1 aliphatic rings. The second kappa shape index (κ2) is 7.56. The highest BCUT2D eigenvalue weighted by Crippen LogP contribution is 2.27. The van der Waals surface area contributed by atoms with Crippen LogP contribution in [-0.4, -0.2) is 45.2 Å². The van der Waals surface area contributed by atoms with Gasteiger partial charge in [-0.1, -0.05) is 0 Å². The SMILES string of the molecule is Cc1nc(N)nc(NCc2nc3ccn(C)c3cc2N2CCNC(C)C2)c1C#N. The Balaban J connectivity index is 1.71. The van der Waals surface area contributed by atoms with Gasteiger partial charge in [0.2, 0.25) is 5.95 Å². The number of aromatic nitrogens is 4. The molecule has 9 nitrogen and oxygen atoms in total. The van der Waals surface area contributed by atoms with Crippen LogP contribution in [-0.2, 0) is 13.6 Å². The fourth-order valence-electron chi connectivity index (χ4n) is 3.79. The van der Waals surface area contributed by atoms with E-state index in [1.54, 1.807) is 6.92 Å². The molecule has 0 saturated carbocycles. The predicted molar refractivity (Wildman–Crippen MR) is 114 cm³/mol. The Morgan fingerprint density at radius 3 is 2.97 bits per heavy atom. The summed E-state index contributed by atoms with van der Waals surface area (Å²) in [6.45, 7) is 7.13. The second-order valence-corrected chi connectivity index (χ2v) is 7.44. The fraction of sp³-hybridized carbons (Fsp3) is 0.400. The lowest BCUT2D eigenvalue weighted by atomic mass is 10.1. The Bertz CT molecular complexity index is 1100. The molecule has 0 bridgehead atoms. The number of rotatable bonds is 4. The molecule has 1 atom stereocenters. The van der Waals surface area contributed by atoms with Gasteiger partial charge >= 0.3 is 0 Å². The lowest BCUT2D eigenvalue weighted by Crippen LogP contribution is -2.49. The van der Waals surface area contributed by atoms with Gasteiger partial charge in [0.1, 0.15) is 17.5 Å². The largest absolute Gasteiger partial charge is 0.368 e. The standard InChI is InChI=1S/C20H25N9/c1-12-11-29(7-5-23-12)18-8-17-15(4-6-28(17)3)26-16(18)10-24-19-14(9-21)13(2)25-20(22)27-19/h4,6,8,12,23H,5,7,10-11H2,1-3H3,(H3,22,24,25,27). The average molecular weight is 391 g/mol. The summed E-state index contributed by atoms with van der Waals surface area (Å²) >= 11 is 0. The van der Waals surface area contributed by atoms with Crippen LogP contribution in [0.25, 0.3) is 11.0 Å². The molecule has 4 N–H and O–H groups in total. The van der Waals surface area contributed by atoms with E-state index in [2.05, 4.69) is 49.1 Å². The number of nitrogens with two attached hydrogens (primary N) is 1. The third-order valence-corrected chi connectivity index (χ3v) is 5.27. The first-order valence-electron chi connectivity index (χ1n) is 9.67. The number of pyridine rings is 1. The van der Waals surface area contributed by atoms with Gasteiger partial charge < -0.3 is 25.8 Å². The zero-order chi connectivity index (χ0) is 20.5. The lowest BCUT2D eigenvalue weighted by molar-refractivity contribution is 0.484. The first kappa shape index (κ1) is 19.0. The number of nitrogens with one attached hydrogen (secondary N) is 2. The first-order valence-corrected chi connectivity index (χ1v) is 9.67. The van der Waals surface area contributed by atoms with Crippen LogP contribution in [0.5, 0.6) is 0 Å². The summed E-state index contributed by atoms with van der Waals surface area (Å²) < 4.78 is 2.08. The van der Waals surface area contributed by atoms with Gasteiger partial charge in [-0.3, -0.25) is 0 Å². The van der Waals surface area contributed by atoms with Gasteiger partial charge in [-0.25, -0.2) is 9.97 Å². The van der Waals surface area contributed by atoms with Crippen LogP contribution in [0.4, 0.5) is 17.5 Å². The molecule has 150 valence electrons. The molecule has 0 amide bonds. The topological polar surface area (TPSA) is 121 Å². The Morgan fingerprint density at radius 2 is 2.21 bits per heavy atom. The minimum Gasteiger partial charge on any atom is -0.368 e. The van der Waals surface area contributed by atoms with Crippen LogP contribution < -0.4 is 21.3 Å². The molecule has 1 unspecified atom stereocenters. The van der Waals surface area contributed by atoms with E-state index in [0.717, 1.165) is 42.0 Å². The maximum absolute atomic E-state index is 9.47. The van der Waals surface area contributed by atoms with Gasteiger partial charge in [-0.05, 0) is 26.0 Å². The van der Waals surface area contributed by atoms with Gasteiger partial charge in [0, 0.05) is 38.9 Å². The molecule has 29 heavy (non-hydrogen) atoms. The van der Waals surface area contributed by atoms with Crippen molar-refractivity contribution >= 4 is 28.5 Å². The summed E-state index contributed by atoms with van der Waals surface area (Å²) in [5, 5.41) is 16.2. The molecule has 3 aromatic rings. The summed E-state index contributed by atoms with van der Waals surface area (Å²) in [5.41, 5.74) is 10.8.